The van der Waals surface area contributed by atoms with E-state index in [2.05, 4.69) is 19.1 Å². The van der Waals surface area contributed by atoms with Crippen molar-refractivity contribution in [2.24, 2.45) is 0 Å². The Bertz CT molecular complexity index is 309. The van der Waals surface area contributed by atoms with Gasteiger partial charge in [-0.3, -0.25) is 0 Å². The van der Waals surface area contributed by atoms with Crippen LogP contribution < -0.4 is 4.74 Å². The van der Waals surface area contributed by atoms with Crippen molar-refractivity contribution in [1.29, 1.82) is 0 Å². The lowest BCUT2D eigenvalue weighted by Crippen LogP contribution is -1.94. The Kier molecular flexibility index (Phi) is 2.73. The predicted octanol–water partition coefficient (Wildman–Crippen LogP) is 2.42. The monoisotopic (exact) mass is 192 g/mol. The van der Waals surface area contributed by atoms with E-state index in [4.69, 9.17) is 9.47 Å². The van der Waals surface area contributed by atoms with Gasteiger partial charge >= 0.3 is 0 Å². The van der Waals surface area contributed by atoms with E-state index in [0.717, 1.165) is 18.6 Å². The van der Waals surface area contributed by atoms with Crippen LogP contribution in [0.3, 0.4) is 0 Å². The molecule has 2 rings (SSSR count). The summed E-state index contributed by atoms with van der Waals surface area (Å²) in [5, 5.41) is 0. The SMILES string of the molecule is COc1cccc(CCC2OC2C)c1. The van der Waals surface area contributed by atoms with E-state index in [1.165, 1.54) is 5.56 Å². The summed E-state index contributed by atoms with van der Waals surface area (Å²) in [4.78, 5) is 0. The summed E-state index contributed by atoms with van der Waals surface area (Å²) >= 11 is 0. The zero-order valence-electron chi connectivity index (χ0n) is 8.69. The van der Waals surface area contributed by atoms with Crippen LogP contribution in [0.25, 0.3) is 0 Å². The van der Waals surface area contributed by atoms with E-state index in [9.17, 15) is 0 Å². The molecule has 0 N–H and O–H groups in total. The fourth-order valence-electron chi connectivity index (χ4n) is 1.67. The number of ether oxygens (including phenoxy) is 2. The van der Waals surface area contributed by atoms with Gasteiger partial charge in [-0.15, -0.1) is 0 Å². The molecule has 1 aliphatic rings. The van der Waals surface area contributed by atoms with Crippen molar-refractivity contribution in [3.8, 4) is 5.75 Å². The number of benzene rings is 1. The Morgan fingerprint density at radius 1 is 1.43 bits per heavy atom. The molecule has 0 spiro atoms. The summed E-state index contributed by atoms with van der Waals surface area (Å²) in [6.07, 6.45) is 3.15. The zero-order chi connectivity index (χ0) is 9.97. The van der Waals surface area contributed by atoms with Gasteiger partial charge in [0.05, 0.1) is 19.3 Å². The van der Waals surface area contributed by atoms with Gasteiger partial charge in [0.2, 0.25) is 0 Å². The summed E-state index contributed by atoms with van der Waals surface area (Å²) in [6, 6.07) is 8.23. The molecule has 2 heteroatoms. The van der Waals surface area contributed by atoms with Gasteiger partial charge in [0.25, 0.3) is 0 Å². The normalized spacial score (nSPS) is 24.7. The minimum Gasteiger partial charge on any atom is -0.497 e. The predicted molar refractivity (Wildman–Crippen MR) is 55.7 cm³/mol. The topological polar surface area (TPSA) is 21.8 Å². The van der Waals surface area contributed by atoms with Crippen molar-refractivity contribution < 1.29 is 9.47 Å². The van der Waals surface area contributed by atoms with Crippen molar-refractivity contribution in [3.63, 3.8) is 0 Å². The highest BCUT2D eigenvalue weighted by Gasteiger charge is 2.33. The highest BCUT2D eigenvalue weighted by molar-refractivity contribution is 5.28. The molecular formula is C12H16O2. The molecule has 1 heterocycles. The molecule has 2 atom stereocenters. The number of hydrogen-bond acceptors (Lipinski definition) is 2. The van der Waals surface area contributed by atoms with E-state index in [1.807, 2.05) is 12.1 Å². The summed E-state index contributed by atoms with van der Waals surface area (Å²) in [6.45, 7) is 2.12. The van der Waals surface area contributed by atoms with Crippen LogP contribution in [0.5, 0.6) is 5.75 Å². The first-order chi connectivity index (χ1) is 6.79. The number of epoxide rings is 1. The molecule has 0 aromatic heterocycles. The van der Waals surface area contributed by atoms with Crippen LogP contribution in [0.1, 0.15) is 18.9 Å². The Labute approximate surface area is 84.8 Å². The van der Waals surface area contributed by atoms with Crippen molar-refractivity contribution in [1.82, 2.24) is 0 Å². The molecule has 0 amide bonds. The Balaban J connectivity index is 1.88. The van der Waals surface area contributed by atoms with Gasteiger partial charge in [-0.25, -0.2) is 0 Å². The molecule has 1 aliphatic heterocycles. The van der Waals surface area contributed by atoms with Crippen LogP contribution in [0, 0.1) is 0 Å². The van der Waals surface area contributed by atoms with Gasteiger partial charge in [0.15, 0.2) is 0 Å². The molecule has 1 aromatic carbocycles. The largest absolute Gasteiger partial charge is 0.497 e. The third kappa shape index (κ3) is 2.26. The van der Waals surface area contributed by atoms with Crippen molar-refractivity contribution >= 4 is 0 Å². The quantitative estimate of drug-likeness (QED) is 0.683. The second-order valence-electron chi connectivity index (χ2n) is 3.77. The molecule has 76 valence electrons. The molecule has 0 bridgehead atoms. The molecule has 2 unspecified atom stereocenters. The molecule has 1 aromatic rings. The first-order valence-corrected chi connectivity index (χ1v) is 5.08. The number of aryl methyl sites for hydroxylation is 1. The summed E-state index contributed by atoms with van der Waals surface area (Å²) < 4.78 is 10.5. The van der Waals surface area contributed by atoms with Crippen LogP contribution >= 0.6 is 0 Å². The average molecular weight is 192 g/mol. The van der Waals surface area contributed by atoms with Crippen molar-refractivity contribution in [2.45, 2.75) is 32.0 Å². The minimum atomic E-state index is 0.473. The zero-order valence-corrected chi connectivity index (χ0v) is 8.69. The summed E-state index contributed by atoms with van der Waals surface area (Å²) in [7, 11) is 1.70. The van der Waals surface area contributed by atoms with E-state index >= 15 is 0 Å². The fraction of sp³-hybridized carbons (Fsp3) is 0.500. The molecular weight excluding hydrogens is 176 g/mol. The number of hydrogen-bond donors (Lipinski definition) is 0. The molecule has 0 saturated carbocycles. The van der Waals surface area contributed by atoms with Gasteiger partial charge in [-0.05, 0) is 37.5 Å². The number of methoxy groups -OCH3 is 1. The molecule has 0 aliphatic carbocycles. The van der Waals surface area contributed by atoms with Crippen molar-refractivity contribution in [3.05, 3.63) is 29.8 Å². The molecule has 14 heavy (non-hydrogen) atoms. The van der Waals surface area contributed by atoms with E-state index in [-0.39, 0.29) is 0 Å². The van der Waals surface area contributed by atoms with Gasteiger partial charge in [-0.2, -0.15) is 0 Å². The third-order valence-electron chi connectivity index (χ3n) is 2.69. The lowest BCUT2D eigenvalue weighted by Gasteiger charge is -2.02. The molecule has 2 nitrogen and oxygen atoms in total. The van der Waals surface area contributed by atoms with E-state index in [1.54, 1.807) is 7.11 Å². The Morgan fingerprint density at radius 3 is 2.86 bits per heavy atom. The van der Waals surface area contributed by atoms with Crippen LogP contribution in [0.4, 0.5) is 0 Å². The van der Waals surface area contributed by atoms with Crippen LogP contribution in [0.2, 0.25) is 0 Å². The van der Waals surface area contributed by atoms with Crippen LogP contribution in [-0.4, -0.2) is 19.3 Å². The van der Waals surface area contributed by atoms with Crippen LogP contribution in [0.15, 0.2) is 24.3 Å². The Morgan fingerprint density at radius 2 is 2.21 bits per heavy atom. The maximum atomic E-state index is 5.36. The van der Waals surface area contributed by atoms with Gasteiger partial charge in [0.1, 0.15) is 5.75 Å². The maximum Gasteiger partial charge on any atom is 0.119 e. The smallest absolute Gasteiger partial charge is 0.119 e. The standard InChI is InChI=1S/C12H16O2/c1-9-12(14-9)7-6-10-4-3-5-11(8-10)13-2/h3-5,8-9,12H,6-7H2,1-2H3. The highest BCUT2D eigenvalue weighted by Crippen LogP contribution is 2.26. The van der Waals surface area contributed by atoms with Gasteiger partial charge < -0.3 is 9.47 Å². The van der Waals surface area contributed by atoms with Gasteiger partial charge in [-0.1, -0.05) is 12.1 Å². The first-order valence-electron chi connectivity index (χ1n) is 5.08. The van der Waals surface area contributed by atoms with Crippen LogP contribution in [-0.2, 0) is 11.2 Å². The maximum absolute atomic E-state index is 5.36. The fourth-order valence-corrected chi connectivity index (χ4v) is 1.67. The second-order valence-corrected chi connectivity index (χ2v) is 3.77. The van der Waals surface area contributed by atoms with E-state index < -0.39 is 0 Å². The first kappa shape index (κ1) is 9.53. The lowest BCUT2D eigenvalue weighted by atomic mass is 10.1. The summed E-state index contributed by atoms with van der Waals surface area (Å²) in [5.74, 6) is 0.937. The minimum absolute atomic E-state index is 0.473. The van der Waals surface area contributed by atoms with Gasteiger partial charge in [0, 0.05) is 0 Å². The molecule has 1 saturated heterocycles. The lowest BCUT2D eigenvalue weighted by molar-refractivity contribution is 0.370. The molecule has 0 radical (unpaired) electrons. The molecule has 1 fully saturated rings. The Hall–Kier alpha value is -1.02. The average Bonchev–Trinajstić information content (AvgIpc) is 2.92. The van der Waals surface area contributed by atoms with E-state index in [0.29, 0.717) is 12.2 Å². The third-order valence-corrected chi connectivity index (χ3v) is 2.69. The second kappa shape index (κ2) is 4.01. The number of rotatable bonds is 4. The van der Waals surface area contributed by atoms with Crippen molar-refractivity contribution in [2.75, 3.05) is 7.11 Å². The summed E-state index contributed by atoms with van der Waals surface area (Å²) in [5.41, 5.74) is 1.33. The highest BCUT2D eigenvalue weighted by atomic mass is 16.6.